The summed E-state index contributed by atoms with van der Waals surface area (Å²) in [5, 5.41) is 11.9. The van der Waals surface area contributed by atoms with E-state index < -0.39 is 5.97 Å². The maximum absolute atomic E-state index is 10.8. The second-order valence-electron chi connectivity index (χ2n) is 5.37. The van der Waals surface area contributed by atoms with Crippen LogP contribution in [0.3, 0.4) is 0 Å². The Hall–Kier alpha value is -2.57. The molecule has 5 nitrogen and oxygen atoms in total. The van der Waals surface area contributed by atoms with Crippen molar-refractivity contribution < 1.29 is 19.4 Å². The van der Waals surface area contributed by atoms with E-state index in [4.69, 9.17) is 26.2 Å². The van der Waals surface area contributed by atoms with Gasteiger partial charge in [-0.25, -0.2) is 4.98 Å². The average molecular weight is 390 g/mol. The van der Waals surface area contributed by atoms with E-state index in [2.05, 4.69) is 4.98 Å². The van der Waals surface area contributed by atoms with Crippen molar-refractivity contribution in [2.75, 3.05) is 13.2 Å². The van der Waals surface area contributed by atoms with E-state index in [-0.39, 0.29) is 6.42 Å². The van der Waals surface area contributed by atoms with Crippen molar-refractivity contribution in [2.24, 2.45) is 0 Å². The lowest BCUT2D eigenvalue weighted by Crippen LogP contribution is -2.09. The summed E-state index contributed by atoms with van der Waals surface area (Å²) in [6, 6.07) is 14.8. The Labute approximate surface area is 159 Å². The van der Waals surface area contributed by atoms with E-state index in [1.165, 1.54) is 11.3 Å². The Kier molecular flexibility index (Phi) is 6.09. The van der Waals surface area contributed by atoms with Crippen LogP contribution in [0, 0.1) is 0 Å². The minimum Gasteiger partial charge on any atom is -0.490 e. The third-order valence-corrected chi connectivity index (χ3v) is 4.66. The predicted molar refractivity (Wildman–Crippen MR) is 101 cm³/mol. The van der Waals surface area contributed by atoms with Crippen LogP contribution >= 0.6 is 22.9 Å². The van der Waals surface area contributed by atoms with Crippen molar-refractivity contribution in [1.82, 2.24) is 4.98 Å². The molecule has 0 spiro atoms. The molecule has 7 heteroatoms. The summed E-state index contributed by atoms with van der Waals surface area (Å²) in [4.78, 5) is 15.1. The molecule has 0 saturated heterocycles. The number of nitrogens with zero attached hydrogens (tertiary/aromatic N) is 1. The van der Waals surface area contributed by atoms with Gasteiger partial charge in [-0.05, 0) is 24.3 Å². The van der Waals surface area contributed by atoms with Gasteiger partial charge in [-0.15, -0.1) is 11.3 Å². The van der Waals surface area contributed by atoms with Gasteiger partial charge in [0.15, 0.2) is 0 Å². The number of aliphatic carboxylic acids is 1. The summed E-state index contributed by atoms with van der Waals surface area (Å²) in [7, 11) is 0. The standard InChI is InChI=1S/C19H16ClNO4S/c20-16-6-1-2-7-17(16)25-9-8-24-15-5-3-4-13(10-15)19-21-14(12-26-19)11-18(22)23/h1-7,10,12H,8-9,11H2,(H,22,23). The highest BCUT2D eigenvalue weighted by atomic mass is 35.5. The quantitative estimate of drug-likeness (QED) is 0.572. The van der Waals surface area contributed by atoms with Gasteiger partial charge < -0.3 is 14.6 Å². The van der Waals surface area contributed by atoms with Gasteiger partial charge in [0, 0.05) is 10.9 Å². The van der Waals surface area contributed by atoms with E-state index in [0.29, 0.717) is 35.4 Å². The number of carbonyl (C=O) groups is 1. The molecule has 0 radical (unpaired) electrons. The molecule has 26 heavy (non-hydrogen) atoms. The van der Waals surface area contributed by atoms with E-state index in [9.17, 15) is 4.79 Å². The highest BCUT2D eigenvalue weighted by Crippen LogP contribution is 2.27. The first-order valence-corrected chi connectivity index (χ1v) is 9.14. The Morgan fingerprint density at radius 2 is 1.92 bits per heavy atom. The van der Waals surface area contributed by atoms with Crippen molar-refractivity contribution in [2.45, 2.75) is 6.42 Å². The SMILES string of the molecule is O=C(O)Cc1csc(-c2cccc(OCCOc3ccccc3Cl)c2)n1. The number of rotatable bonds is 8. The largest absolute Gasteiger partial charge is 0.490 e. The fraction of sp³-hybridized carbons (Fsp3) is 0.158. The van der Waals surface area contributed by atoms with Crippen molar-refractivity contribution in [1.29, 1.82) is 0 Å². The molecule has 0 amide bonds. The number of halogens is 1. The van der Waals surface area contributed by atoms with Crippen LogP contribution in [-0.2, 0) is 11.2 Å². The molecule has 0 aliphatic rings. The maximum atomic E-state index is 10.8. The summed E-state index contributed by atoms with van der Waals surface area (Å²) in [6.07, 6.45) is -0.0773. The predicted octanol–water partition coefficient (Wildman–Crippen LogP) is 4.55. The van der Waals surface area contributed by atoms with Gasteiger partial charge in [-0.1, -0.05) is 35.9 Å². The molecule has 0 saturated carbocycles. The van der Waals surface area contributed by atoms with E-state index in [0.717, 1.165) is 10.6 Å². The summed E-state index contributed by atoms with van der Waals surface area (Å²) >= 11 is 7.45. The van der Waals surface area contributed by atoms with Crippen LogP contribution in [0.25, 0.3) is 10.6 Å². The van der Waals surface area contributed by atoms with Crippen molar-refractivity contribution in [3.8, 4) is 22.1 Å². The van der Waals surface area contributed by atoms with Crippen molar-refractivity contribution >= 4 is 28.9 Å². The monoisotopic (exact) mass is 389 g/mol. The van der Waals surface area contributed by atoms with E-state index in [1.54, 1.807) is 17.5 Å². The van der Waals surface area contributed by atoms with Crippen LogP contribution in [-0.4, -0.2) is 29.3 Å². The lowest BCUT2D eigenvalue weighted by atomic mass is 10.2. The third kappa shape index (κ3) is 4.97. The molecule has 1 heterocycles. The number of hydrogen-bond acceptors (Lipinski definition) is 5. The van der Waals surface area contributed by atoms with Gasteiger partial charge in [-0.2, -0.15) is 0 Å². The summed E-state index contributed by atoms with van der Waals surface area (Å²) < 4.78 is 11.3. The normalized spacial score (nSPS) is 10.5. The van der Waals surface area contributed by atoms with Crippen LogP contribution < -0.4 is 9.47 Å². The zero-order chi connectivity index (χ0) is 18.4. The molecular weight excluding hydrogens is 374 g/mol. The number of carboxylic acids is 1. The molecule has 3 aromatic rings. The molecule has 1 aromatic heterocycles. The molecule has 1 N–H and O–H groups in total. The number of thiazole rings is 1. The van der Waals surface area contributed by atoms with Crippen molar-refractivity contribution in [3.05, 3.63) is 64.6 Å². The lowest BCUT2D eigenvalue weighted by molar-refractivity contribution is -0.136. The van der Waals surface area contributed by atoms with Gasteiger partial charge >= 0.3 is 5.97 Å². The highest BCUT2D eigenvalue weighted by molar-refractivity contribution is 7.13. The zero-order valence-electron chi connectivity index (χ0n) is 13.7. The molecule has 0 aliphatic carbocycles. The first-order valence-electron chi connectivity index (χ1n) is 7.88. The van der Waals surface area contributed by atoms with Crippen LogP contribution in [0.1, 0.15) is 5.69 Å². The van der Waals surface area contributed by atoms with Gasteiger partial charge in [0.2, 0.25) is 0 Å². The molecular formula is C19H16ClNO4S. The third-order valence-electron chi connectivity index (χ3n) is 3.41. The van der Waals surface area contributed by atoms with Gasteiger partial charge in [0.05, 0.1) is 17.1 Å². The molecule has 0 unspecified atom stereocenters. The van der Waals surface area contributed by atoms with Crippen LogP contribution in [0.5, 0.6) is 11.5 Å². The van der Waals surface area contributed by atoms with E-state index >= 15 is 0 Å². The van der Waals surface area contributed by atoms with Crippen molar-refractivity contribution in [3.63, 3.8) is 0 Å². The van der Waals surface area contributed by atoms with Gasteiger partial charge in [-0.3, -0.25) is 4.79 Å². The first-order chi connectivity index (χ1) is 12.6. The Morgan fingerprint density at radius 1 is 1.12 bits per heavy atom. The second-order valence-corrected chi connectivity index (χ2v) is 6.63. The fourth-order valence-corrected chi connectivity index (χ4v) is 3.27. The minimum atomic E-state index is -0.891. The molecule has 2 aromatic carbocycles. The summed E-state index contributed by atoms with van der Waals surface area (Å²) in [5.41, 5.74) is 1.44. The lowest BCUT2D eigenvalue weighted by Gasteiger charge is -2.10. The van der Waals surface area contributed by atoms with Crippen LogP contribution in [0.2, 0.25) is 5.02 Å². The topological polar surface area (TPSA) is 68.7 Å². The summed E-state index contributed by atoms with van der Waals surface area (Å²) in [5.74, 6) is 0.429. The highest BCUT2D eigenvalue weighted by Gasteiger charge is 2.09. The number of para-hydroxylation sites is 1. The molecule has 0 aliphatic heterocycles. The Morgan fingerprint density at radius 3 is 2.73 bits per heavy atom. The van der Waals surface area contributed by atoms with Gasteiger partial charge in [0.25, 0.3) is 0 Å². The number of carboxylic acid groups (broad SMARTS) is 1. The number of hydrogen-bond donors (Lipinski definition) is 1. The van der Waals surface area contributed by atoms with E-state index in [1.807, 2.05) is 36.4 Å². The number of aromatic nitrogens is 1. The number of benzene rings is 2. The summed E-state index contributed by atoms with van der Waals surface area (Å²) in [6.45, 7) is 0.741. The van der Waals surface area contributed by atoms with Crippen LogP contribution in [0.15, 0.2) is 53.9 Å². The number of ether oxygens (including phenoxy) is 2. The smallest absolute Gasteiger partial charge is 0.309 e. The molecule has 134 valence electrons. The zero-order valence-corrected chi connectivity index (χ0v) is 15.3. The average Bonchev–Trinajstić information content (AvgIpc) is 3.08. The molecule has 0 bridgehead atoms. The van der Waals surface area contributed by atoms with Gasteiger partial charge in [0.1, 0.15) is 29.7 Å². The molecule has 0 atom stereocenters. The first kappa shape index (κ1) is 18.2. The Bertz CT molecular complexity index is 897. The fourth-order valence-electron chi connectivity index (χ4n) is 2.27. The second kappa shape index (κ2) is 8.69. The Balaban J connectivity index is 1.56. The van der Waals surface area contributed by atoms with Crippen LogP contribution in [0.4, 0.5) is 0 Å². The maximum Gasteiger partial charge on any atom is 0.309 e. The minimum absolute atomic E-state index is 0.0773. The molecule has 3 rings (SSSR count). The molecule has 0 fully saturated rings.